The summed E-state index contributed by atoms with van der Waals surface area (Å²) in [6.07, 6.45) is 7.81. The zero-order valence-corrected chi connectivity index (χ0v) is 57.0. The van der Waals surface area contributed by atoms with Crippen LogP contribution in [-0.4, -0.2) is 4.98 Å². The van der Waals surface area contributed by atoms with Gasteiger partial charge in [-0.15, -0.1) is 9.13 Å². The quantitative estimate of drug-likeness (QED) is 0.0939. The Labute approximate surface area is 567 Å². The van der Waals surface area contributed by atoms with Crippen molar-refractivity contribution in [2.45, 2.75) is 117 Å². The first-order valence-corrected chi connectivity index (χ1v) is 34.7. The number of rotatable bonds is 15. The van der Waals surface area contributed by atoms with Crippen LogP contribution in [0, 0.1) is 6.92 Å². The summed E-state index contributed by atoms with van der Waals surface area (Å²) in [6, 6.07) is 98.7. The van der Waals surface area contributed by atoms with Gasteiger partial charge >= 0.3 is 6.17 Å². The number of hydrogen-bond donors (Lipinski definition) is 0. The fourth-order valence-electron chi connectivity index (χ4n) is 15.1. The molecule has 0 N–H and O–H groups in total. The van der Waals surface area contributed by atoms with E-state index in [-0.39, 0.29) is 28.5 Å². The van der Waals surface area contributed by atoms with Gasteiger partial charge in [0.2, 0.25) is 17.4 Å². The predicted octanol–water partition coefficient (Wildman–Crippen LogP) is 22.3. The Morgan fingerprint density at radius 1 is 0.302 bits per heavy atom. The molecule has 468 valence electrons. The summed E-state index contributed by atoms with van der Waals surface area (Å²) in [7, 11) is 0. The van der Waals surface area contributed by atoms with Crippen molar-refractivity contribution in [3.8, 4) is 123 Å². The van der Waals surface area contributed by atoms with Gasteiger partial charge in [-0.05, 0) is 192 Å². The molecule has 3 aliphatic heterocycles. The lowest BCUT2D eigenvalue weighted by molar-refractivity contribution is -0.899. The third-order valence-corrected chi connectivity index (χ3v) is 22.4. The SMILES string of the molecule is CCC(C)(C)c1ccc(-c2cc(-c3ccc(-c4cc(-c5ccc(-c6cc[n+]7c(c6)-c6cccc[n+]6C7c6cc(C(C)(C)CC)ccc6C)cc5)cc(-c5ccc(-c6cc7[n+]8c(c6)-c6ccc(C(C)(C)CC)cc6C8c6ccccc6-7)cc5)c4)cc3)cc(-c3ccccc3)n2)cc1. The summed E-state index contributed by atoms with van der Waals surface area (Å²) in [5, 5.41) is 0. The number of pyridine rings is 4. The van der Waals surface area contributed by atoms with Crippen LogP contribution in [0.2, 0.25) is 0 Å². The Hall–Kier alpha value is -10.4. The lowest BCUT2D eigenvalue weighted by Crippen LogP contribution is -2.52. The van der Waals surface area contributed by atoms with E-state index in [0.29, 0.717) is 0 Å². The molecule has 4 nitrogen and oxygen atoms in total. The first-order valence-electron chi connectivity index (χ1n) is 34.7. The molecule has 13 aromatic rings. The van der Waals surface area contributed by atoms with E-state index in [9.17, 15) is 0 Å². The maximum Gasteiger partial charge on any atom is 0.381 e. The van der Waals surface area contributed by atoms with Gasteiger partial charge in [-0.2, -0.15) is 4.57 Å². The van der Waals surface area contributed by atoms with E-state index in [2.05, 4.69) is 356 Å². The smallest absolute Gasteiger partial charge is 0.248 e. The summed E-state index contributed by atoms with van der Waals surface area (Å²) in [5.41, 5.74) is 35.7. The highest BCUT2D eigenvalue weighted by Crippen LogP contribution is 2.49. The average Bonchev–Trinajstić information content (AvgIpc) is 1.55. The second-order valence-electron chi connectivity index (χ2n) is 29.1. The summed E-state index contributed by atoms with van der Waals surface area (Å²) in [4.78, 5) is 5.30. The van der Waals surface area contributed by atoms with Crippen LogP contribution in [0.5, 0.6) is 0 Å². The molecule has 0 bridgehead atoms. The number of nitrogens with zero attached hydrogens (tertiary/aromatic N) is 4. The molecule has 96 heavy (non-hydrogen) atoms. The lowest BCUT2D eigenvalue weighted by Gasteiger charge is -2.24. The number of benzene rings is 9. The fourth-order valence-corrected chi connectivity index (χ4v) is 15.1. The zero-order chi connectivity index (χ0) is 65.8. The third-order valence-electron chi connectivity index (χ3n) is 22.4. The number of aryl methyl sites for hydroxylation is 1. The minimum absolute atomic E-state index is 0.0223. The second-order valence-corrected chi connectivity index (χ2v) is 29.1. The highest BCUT2D eigenvalue weighted by Gasteiger charge is 2.48. The van der Waals surface area contributed by atoms with Crippen molar-refractivity contribution in [3.63, 3.8) is 0 Å². The van der Waals surface area contributed by atoms with Crippen molar-refractivity contribution in [3.05, 3.63) is 312 Å². The Kier molecular flexibility index (Phi) is 14.8. The van der Waals surface area contributed by atoms with Crippen LogP contribution in [-0.2, 0) is 16.2 Å². The number of aromatic nitrogens is 4. The molecule has 0 radical (unpaired) electrons. The predicted molar refractivity (Wildman–Crippen MR) is 397 cm³/mol. The summed E-state index contributed by atoms with van der Waals surface area (Å²) < 4.78 is 7.51. The minimum Gasteiger partial charge on any atom is -0.248 e. The van der Waals surface area contributed by atoms with Gasteiger partial charge in [0.05, 0.1) is 28.1 Å². The molecule has 0 spiro atoms. The Balaban J connectivity index is 0.769. The lowest BCUT2D eigenvalue weighted by atomic mass is 9.80. The fraction of sp³-hybridized carbons (Fsp3) is 0.196. The molecule has 0 amide bonds. The van der Waals surface area contributed by atoms with Crippen LogP contribution in [0.4, 0.5) is 0 Å². The van der Waals surface area contributed by atoms with Gasteiger partial charge in [0, 0.05) is 58.7 Å². The van der Waals surface area contributed by atoms with Crippen LogP contribution in [0.3, 0.4) is 0 Å². The van der Waals surface area contributed by atoms with E-state index >= 15 is 0 Å². The van der Waals surface area contributed by atoms with Crippen molar-refractivity contribution in [1.29, 1.82) is 0 Å². The molecule has 7 heterocycles. The molecule has 4 heteroatoms. The van der Waals surface area contributed by atoms with Crippen LogP contribution in [0.1, 0.15) is 133 Å². The molecule has 9 aromatic carbocycles. The van der Waals surface area contributed by atoms with E-state index in [1.165, 1.54) is 117 Å². The van der Waals surface area contributed by atoms with Gasteiger partial charge < -0.3 is 0 Å². The molecular weight excluding hydrogens is 1160 g/mol. The molecule has 0 aliphatic carbocycles. The topological polar surface area (TPSA) is 24.5 Å². The zero-order valence-electron chi connectivity index (χ0n) is 57.0. The average molecular weight is 1240 g/mol. The third kappa shape index (κ3) is 10.4. The van der Waals surface area contributed by atoms with Crippen molar-refractivity contribution < 1.29 is 13.7 Å². The van der Waals surface area contributed by atoms with E-state index in [1.807, 2.05) is 0 Å². The standard InChI is InChI=1S/C92H83N4/c1-11-90(5,6)74-42-39-67(40-43-74)83-53-72(52-82(93-83)66-21-15-14-16-22-66)64-35-31-62(32-36-64)70-49-69(61-29-27-60(28-30-61)68-46-48-95-87(54-68)84-25-19-20-47-94(84)89(95)80-57-75(41-26-59(80)4)91(7,8)12-2)50-71(51-70)63-33-37-65(38-34-63)73-55-85-77-23-17-18-24-79(77)88-81-58-76(92(9,10)13-3)44-45-78(81)86(56-73)96(85)88/h14-58,88-89H,11-13H2,1-10H3/q+3. The van der Waals surface area contributed by atoms with E-state index in [0.717, 1.165) is 64.0 Å². The monoisotopic (exact) mass is 1240 g/mol. The maximum atomic E-state index is 5.30. The second kappa shape index (κ2) is 23.5. The molecule has 4 aromatic heterocycles. The minimum atomic E-state index is 0.0223. The van der Waals surface area contributed by atoms with Gasteiger partial charge in [-0.25, -0.2) is 4.98 Å². The van der Waals surface area contributed by atoms with Crippen LogP contribution in [0.15, 0.2) is 273 Å². The first kappa shape index (κ1) is 60.5. The van der Waals surface area contributed by atoms with Gasteiger partial charge in [0.1, 0.15) is 0 Å². The van der Waals surface area contributed by atoms with Crippen LogP contribution >= 0.6 is 0 Å². The largest absolute Gasteiger partial charge is 0.381 e. The van der Waals surface area contributed by atoms with Crippen LogP contribution in [0.25, 0.3) is 123 Å². The van der Waals surface area contributed by atoms with Crippen molar-refractivity contribution >= 4 is 0 Å². The molecule has 0 fully saturated rings. The van der Waals surface area contributed by atoms with Gasteiger partial charge in [-0.3, -0.25) is 0 Å². The van der Waals surface area contributed by atoms with Gasteiger partial charge in [0.15, 0.2) is 12.4 Å². The Morgan fingerprint density at radius 3 is 1.28 bits per heavy atom. The number of fused-ring (bicyclic) bond motifs is 9. The maximum absolute atomic E-state index is 5.30. The summed E-state index contributed by atoms with van der Waals surface area (Å²) >= 11 is 0. The Morgan fingerprint density at radius 2 is 0.719 bits per heavy atom. The Bertz CT molecular complexity index is 5190. The molecule has 16 rings (SSSR count). The normalized spacial score (nSPS) is 14.3. The number of hydrogen-bond acceptors (Lipinski definition) is 1. The van der Waals surface area contributed by atoms with Crippen molar-refractivity contribution in [2.24, 2.45) is 0 Å². The summed E-state index contributed by atoms with van der Waals surface area (Å²) in [6.45, 7) is 23.2. The molecule has 0 saturated heterocycles. The molecule has 3 aliphatic rings. The molecular formula is C92H83N4+3. The van der Waals surface area contributed by atoms with Crippen LogP contribution < -0.4 is 13.7 Å². The van der Waals surface area contributed by atoms with Crippen molar-refractivity contribution in [1.82, 2.24) is 4.98 Å². The van der Waals surface area contributed by atoms with E-state index in [4.69, 9.17) is 4.98 Å². The summed E-state index contributed by atoms with van der Waals surface area (Å²) in [5.74, 6) is 0. The molecule has 2 unspecified atom stereocenters. The first-order chi connectivity index (χ1) is 46.5. The molecule has 2 atom stereocenters. The van der Waals surface area contributed by atoms with E-state index in [1.54, 1.807) is 0 Å². The molecule has 0 saturated carbocycles. The van der Waals surface area contributed by atoms with Gasteiger partial charge in [-0.1, -0.05) is 226 Å². The highest BCUT2D eigenvalue weighted by atomic mass is 15.3. The highest BCUT2D eigenvalue weighted by molar-refractivity contribution is 5.86. The van der Waals surface area contributed by atoms with E-state index < -0.39 is 0 Å². The van der Waals surface area contributed by atoms with Gasteiger partial charge in [0.25, 0.3) is 11.4 Å². The van der Waals surface area contributed by atoms with Crippen molar-refractivity contribution in [2.75, 3.05) is 0 Å².